The molecule has 0 saturated carbocycles. The third kappa shape index (κ3) is 3.17. The molecule has 3 aromatic rings. The van der Waals surface area contributed by atoms with Gasteiger partial charge in [0.15, 0.2) is 11.5 Å². The molecule has 0 radical (unpaired) electrons. The molecule has 0 spiro atoms. The number of para-hydroxylation sites is 1. The second-order valence-corrected chi connectivity index (χ2v) is 6.19. The molecular weight excluding hydrogens is 370 g/mol. The van der Waals surface area contributed by atoms with Crippen LogP contribution in [0.4, 0.5) is 5.69 Å². The van der Waals surface area contributed by atoms with Crippen molar-refractivity contribution in [3.8, 4) is 11.5 Å². The summed E-state index contributed by atoms with van der Waals surface area (Å²) in [7, 11) is 4.64. The molecule has 1 heterocycles. The molecule has 0 aliphatic carbocycles. The number of rotatable bonds is 5. The molecule has 0 aliphatic heterocycles. The highest BCUT2D eigenvalue weighted by molar-refractivity contribution is 6.39. The van der Waals surface area contributed by atoms with Crippen LogP contribution in [0.2, 0.25) is 5.02 Å². The number of fused-ring (bicyclic) bond motifs is 1. The van der Waals surface area contributed by atoms with Crippen molar-refractivity contribution in [3.63, 3.8) is 0 Å². The van der Waals surface area contributed by atoms with Gasteiger partial charge in [-0.3, -0.25) is 9.59 Å². The summed E-state index contributed by atoms with van der Waals surface area (Å²) in [5.74, 6) is -0.518. The first kappa shape index (κ1) is 18.6. The first-order chi connectivity index (χ1) is 12.9. The minimum absolute atomic E-state index is 0.0934. The van der Waals surface area contributed by atoms with Crippen molar-refractivity contribution in [2.45, 2.75) is 0 Å². The molecule has 0 saturated heterocycles. The summed E-state index contributed by atoms with van der Waals surface area (Å²) in [5, 5.41) is 3.78. The number of anilines is 1. The van der Waals surface area contributed by atoms with Crippen LogP contribution < -0.4 is 20.5 Å². The maximum Gasteiger partial charge on any atom is 0.273 e. The number of halogens is 1. The molecule has 3 N–H and O–H groups in total. The lowest BCUT2D eigenvalue weighted by Crippen LogP contribution is -2.20. The average molecular weight is 388 g/mol. The average Bonchev–Trinajstić information content (AvgIpc) is 2.92. The van der Waals surface area contributed by atoms with Gasteiger partial charge in [-0.2, -0.15) is 0 Å². The van der Waals surface area contributed by atoms with Gasteiger partial charge in [-0.05, 0) is 12.1 Å². The van der Waals surface area contributed by atoms with Crippen LogP contribution >= 0.6 is 11.6 Å². The Morgan fingerprint density at radius 2 is 1.74 bits per heavy atom. The van der Waals surface area contributed by atoms with Gasteiger partial charge in [0.1, 0.15) is 5.69 Å². The maximum atomic E-state index is 12.9. The van der Waals surface area contributed by atoms with Gasteiger partial charge in [-0.25, -0.2) is 0 Å². The van der Waals surface area contributed by atoms with E-state index in [2.05, 4.69) is 5.32 Å². The Kier molecular flexibility index (Phi) is 4.96. The molecule has 0 atom stereocenters. The Bertz CT molecular complexity index is 1020. The van der Waals surface area contributed by atoms with Gasteiger partial charge in [0.05, 0.1) is 30.5 Å². The molecule has 3 rings (SSSR count). The number of aryl methyl sites for hydroxylation is 1. The molecule has 0 fully saturated rings. The van der Waals surface area contributed by atoms with Crippen LogP contribution in [0.15, 0.2) is 36.4 Å². The molecule has 0 unspecified atom stereocenters. The first-order valence-electron chi connectivity index (χ1n) is 7.99. The van der Waals surface area contributed by atoms with Gasteiger partial charge in [0.2, 0.25) is 0 Å². The zero-order chi connectivity index (χ0) is 19.7. The van der Waals surface area contributed by atoms with E-state index in [1.54, 1.807) is 11.6 Å². The molecule has 140 valence electrons. The van der Waals surface area contributed by atoms with Crippen LogP contribution in [0.1, 0.15) is 20.8 Å². The Balaban J connectivity index is 2.08. The minimum atomic E-state index is -0.714. The van der Waals surface area contributed by atoms with Crippen molar-refractivity contribution >= 4 is 40.0 Å². The van der Waals surface area contributed by atoms with Crippen LogP contribution in [0.5, 0.6) is 11.5 Å². The van der Waals surface area contributed by atoms with Gasteiger partial charge >= 0.3 is 0 Å². The first-order valence-corrected chi connectivity index (χ1v) is 8.37. The number of amides is 2. The number of carbonyl (C=O) groups is 2. The smallest absolute Gasteiger partial charge is 0.273 e. The van der Waals surface area contributed by atoms with E-state index in [0.717, 1.165) is 10.9 Å². The molecule has 2 amide bonds. The van der Waals surface area contributed by atoms with E-state index in [1.807, 2.05) is 24.3 Å². The van der Waals surface area contributed by atoms with Crippen molar-refractivity contribution < 1.29 is 19.1 Å². The maximum absolute atomic E-state index is 12.9. The van der Waals surface area contributed by atoms with Gasteiger partial charge in [0, 0.05) is 24.0 Å². The number of nitrogens with zero attached hydrogens (tertiary/aromatic N) is 1. The van der Waals surface area contributed by atoms with Crippen molar-refractivity contribution in [1.29, 1.82) is 0 Å². The van der Waals surface area contributed by atoms with Crippen LogP contribution in [-0.2, 0) is 7.05 Å². The van der Waals surface area contributed by atoms with Crippen LogP contribution in [0.25, 0.3) is 10.9 Å². The fraction of sp³-hybridized carbons (Fsp3) is 0.158. The fourth-order valence-electron chi connectivity index (χ4n) is 2.97. The van der Waals surface area contributed by atoms with Crippen LogP contribution in [-0.4, -0.2) is 30.6 Å². The van der Waals surface area contributed by atoms with Gasteiger partial charge in [-0.1, -0.05) is 29.8 Å². The van der Waals surface area contributed by atoms with Crippen LogP contribution in [0.3, 0.4) is 0 Å². The lowest BCUT2D eigenvalue weighted by atomic mass is 10.1. The fourth-order valence-corrected chi connectivity index (χ4v) is 3.34. The topological polar surface area (TPSA) is 95.6 Å². The van der Waals surface area contributed by atoms with Gasteiger partial charge in [0.25, 0.3) is 11.8 Å². The van der Waals surface area contributed by atoms with E-state index >= 15 is 0 Å². The molecule has 2 aromatic carbocycles. The third-order valence-corrected chi connectivity index (χ3v) is 4.68. The predicted octanol–water partition coefficient (Wildman–Crippen LogP) is 3.20. The lowest BCUT2D eigenvalue weighted by molar-refractivity contribution is 0.100. The number of benzene rings is 2. The molecule has 0 aliphatic rings. The van der Waals surface area contributed by atoms with Crippen molar-refractivity contribution in [2.24, 2.45) is 12.8 Å². The highest BCUT2D eigenvalue weighted by Crippen LogP contribution is 2.35. The summed E-state index contributed by atoms with van der Waals surface area (Å²) in [6, 6.07) is 10.3. The normalized spacial score (nSPS) is 10.7. The van der Waals surface area contributed by atoms with E-state index in [9.17, 15) is 9.59 Å². The number of primary amides is 1. The number of hydrogen-bond acceptors (Lipinski definition) is 4. The molecule has 7 nitrogen and oxygen atoms in total. The van der Waals surface area contributed by atoms with Gasteiger partial charge in [-0.15, -0.1) is 0 Å². The number of ether oxygens (including phenoxy) is 2. The molecule has 8 heteroatoms. The largest absolute Gasteiger partial charge is 0.493 e. The second-order valence-electron chi connectivity index (χ2n) is 5.81. The summed E-state index contributed by atoms with van der Waals surface area (Å²) in [6.45, 7) is 0. The quantitative estimate of drug-likeness (QED) is 0.702. The number of hydrogen-bond donors (Lipinski definition) is 2. The predicted molar refractivity (Wildman–Crippen MR) is 104 cm³/mol. The van der Waals surface area contributed by atoms with E-state index in [4.69, 9.17) is 26.8 Å². The van der Waals surface area contributed by atoms with Crippen molar-refractivity contribution in [3.05, 3.63) is 52.7 Å². The number of methoxy groups -OCH3 is 2. The number of aromatic nitrogens is 1. The van der Waals surface area contributed by atoms with Gasteiger partial charge < -0.3 is 25.1 Å². The molecule has 27 heavy (non-hydrogen) atoms. The van der Waals surface area contributed by atoms with E-state index in [0.29, 0.717) is 16.5 Å². The monoisotopic (exact) mass is 387 g/mol. The summed E-state index contributed by atoms with van der Waals surface area (Å²) < 4.78 is 12.1. The van der Waals surface area contributed by atoms with E-state index in [-0.39, 0.29) is 16.9 Å². The van der Waals surface area contributed by atoms with Crippen molar-refractivity contribution in [2.75, 3.05) is 19.5 Å². The highest BCUT2D eigenvalue weighted by atomic mass is 35.5. The zero-order valence-electron chi connectivity index (χ0n) is 15.0. The summed E-state index contributed by atoms with van der Waals surface area (Å²) >= 11 is 6.41. The van der Waals surface area contributed by atoms with Crippen molar-refractivity contribution in [1.82, 2.24) is 4.57 Å². The summed E-state index contributed by atoms with van der Waals surface area (Å²) in [6.07, 6.45) is 0. The Labute approximate surface area is 160 Å². The molecular formula is C19H18ClN3O4. The zero-order valence-corrected chi connectivity index (χ0v) is 15.8. The second kappa shape index (κ2) is 7.20. The summed E-state index contributed by atoms with van der Waals surface area (Å²) in [4.78, 5) is 24.7. The lowest BCUT2D eigenvalue weighted by Gasteiger charge is -2.14. The third-order valence-electron chi connectivity index (χ3n) is 4.30. The Morgan fingerprint density at radius 3 is 2.33 bits per heavy atom. The standard InChI is InChI=1S/C19H18ClN3O4/c1-23-13-7-5-4-6-10(13)16(20)17(23)19(25)22-12-9-15(27-3)14(26-2)8-11(12)18(21)24/h4-9H,1-3H3,(H2,21,24)(H,22,25). The Morgan fingerprint density at radius 1 is 1.11 bits per heavy atom. The van der Waals surface area contributed by atoms with E-state index < -0.39 is 11.8 Å². The van der Waals surface area contributed by atoms with E-state index in [1.165, 1.54) is 26.4 Å². The number of nitrogens with two attached hydrogens (primary N) is 1. The summed E-state index contributed by atoms with van der Waals surface area (Å²) in [5.41, 5.74) is 6.82. The highest BCUT2D eigenvalue weighted by Gasteiger charge is 2.22. The Hall–Kier alpha value is -3.19. The number of carbonyl (C=O) groups excluding carboxylic acids is 2. The minimum Gasteiger partial charge on any atom is -0.493 e. The van der Waals surface area contributed by atoms with Crippen LogP contribution in [0, 0.1) is 0 Å². The number of nitrogens with one attached hydrogen (secondary N) is 1. The molecule has 0 bridgehead atoms. The molecule has 1 aromatic heterocycles. The SMILES string of the molecule is COc1cc(NC(=O)c2c(Cl)c3ccccc3n2C)c(C(N)=O)cc1OC.